The molecule has 1 saturated heterocycles. The minimum Gasteiger partial charge on any atom is -0.464 e. The van der Waals surface area contributed by atoms with Gasteiger partial charge in [-0.1, -0.05) is 0 Å². The molecule has 0 radical (unpaired) electrons. The molecule has 0 aromatic carbocycles. The van der Waals surface area contributed by atoms with Crippen molar-refractivity contribution in [3.05, 3.63) is 0 Å². The number of rotatable bonds is 0. The third-order valence-corrected chi connectivity index (χ3v) is 0.715. The molecule has 3 heteroatoms. The fraction of sp³-hybridized carbons (Fsp3) is 0.667. The first-order valence-corrected chi connectivity index (χ1v) is 1.79. The van der Waals surface area contributed by atoms with Gasteiger partial charge in [0.25, 0.3) is 0 Å². The van der Waals surface area contributed by atoms with Crippen molar-refractivity contribution < 1.29 is 4.74 Å². The molecule has 6 heavy (non-hydrogen) atoms. The van der Waals surface area contributed by atoms with Crippen molar-refractivity contribution in [2.45, 2.75) is 13.0 Å². The Kier molecular flexibility index (Phi) is 0.498. The molecule has 0 aliphatic carbocycles. The van der Waals surface area contributed by atoms with Gasteiger partial charge in [-0.2, -0.15) is 0 Å². The molecule has 1 aliphatic rings. The van der Waals surface area contributed by atoms with Gasteiger partial charge in [-0.15, -0.1) is 5.10 Å². The van der Waals surface area contributed by atoms with Crippen LogP contribution in [0.2, 0.25) is 0 Å². The lowest BCUT2D eigenvalue weighted by atomic mass is 10.5. The van der Waals surface area contributed by atoms with Gasteiger partial charge in [0.1, 0.15) is 0 Å². The van der Waals surface area contributed by atoms with Crippen LogP contribution in [0.3, 0.4) is 0 Å². The van der Waals surface area contributed by atoms with Crippen molar-refractivity contribution in [3.63, 3.8) is 0 Å². The normalized spacial score (nSPS) is 36.2. The fourth-order valence-electron chi connectivity index (χ4n) is 0.282. The van der Waals surface area contributed by atoms with E-state index in [9.17, 15) is 0 Å². The lowest BCUT2D eigenvalue weighted by Gasteiger charge is -1.55. The maximum atomic E-state index is 4.79. The summed E-state index contributed by atoms with van der Waals surface area (Å²) in [5.41, 5.74) is 0. The second-order valence-corrected chi connectivity index (χ2v) is 1.23. The van der Waals surface area contributed by atoms with Crippen LogP contribution in [0.5, 0.6) is 0 Å². The highest BCUT2D eigenvalue weighted by Gasteiger charge is 2.28. The van der Waals surface area contributed by atoms with Crippen LogP contribution in [0.15, 0.2) is 5.10 Å². The molecule has 2 N–H and O–H groups in total. The molecule has 0 amide bonds. The van der Waals surface area contributed by atoms with Gasteiger partial charge in [0, 0.05) is 0 Å². The zero-order valence-corrected chi connectivity index (χ0v) is 3.51. The van der Waals surface area contributed by atoms with E-state index >= 15 is 0 Å². The van der Waals surface area contributed by atoms with Crippen molar-refractivity contribution in [2.75, 3.05) is 0 Å². The monoisotopic (exact) mass is 86.0 g/mol. The molecular weight excluding hydrogens is 80.0 g/mol. The van der Waals surface area contributed by atoms with Crippen LogP contribution in [0.4, 0.5) is 0 Å². The Morgan fingerprint density at radius 3 is 2.50 bits per heavy atom. The zero-order chi connectivity index (χ0) is 4.57. The Balaban J connectivity index is 2.44. The highest BCUT2D eigenvalue weighted by molar-refractivity contribution is 5.91. The first kappa shape index (κ1) is 3.46. The van der Waals surface area contributed by atoms with Crippen LogP contribution in [-0.2, 0) is 4.74 Å². The average Bonchev–Trinajstić information content (AvgIpc) is 2.19. The predicted molar refractivity (Wildman–Crippen MR) is 22.2 cm³/mol. The van der Waals surface area contributed by atoms with Gasteiger partial charge in [0.15, 0.2) is 6.10 Å². The van der Waals surface area contributed by atoms with E-state index in [1.807, 2.05) is 6.92 Å². The topological polar surface area (TPSA) is 50.9 Å². The summed E-state index contributed by atoms with van der Waals surface area (Å²) in [4.78, 5) is 0. The summed E-state index contributed by atoms with van der Waals surface area (Å²) < 4.78 is 4.69. The molecule has 0 aromatic heterocycles. The Morgan fingerprint density at radius 2 is 2.50 bits per heavy atom. The van der Waals surface area contributed by atoms with E-state index in [0.717, 1.165) is 0 Å². The standard InChI is InChI=1S/C3H6N2O/c1-2-3(5-4)6-2/h2H,4H2,1H3. The molecule has 1 atom stereocenters. The molecule has 3 nitrogen and oxygen atoms in total. The molecule has 0 saturated carbocycles. The van der Waals surface area contributed by atoms with Gasteiger partial charge in [-0.3, -0.25) is 0 Å². The summed E-state index contributed by atoms with van der Waals surface area (Å²) in [5.74, 6) is 5.45. The summed E-state index contributed by atoms with van der Waals surface area (Å²) >= 11 is 0. The molecule has 1 heterocycles. The third-order valence-electron chi connectivity index (χ3n) is 0.715. The van der Waals surface area contributed by atoms with E-state index in [0.29, 0.717) is 5.90 Å². The van der Waals surface area contributed by atoms with Crippen LogP contribution in [-0.4, -0.2) is 12.0 Å². The summed E-state index contributed by atoms with van der Waals surface area (Å²) in [6.45, 7) is 1.89. The van der Waals surface area contributed by atoms with E-state index in [-0.39, 0.29) is 6.10 Å². The van der Waals surface area contributed by atoms with Crippen molar-refractivity contribution in [3.8, 4) is 0 Å². The minimum atomic E-state index is 0.190. The van der Waals surface area contributed by atoms with Gasteiger partial charge in [0.05, 0.1) is 0 Å². The number of nitrogens with zero attached hydrogens (tertiary/aromatic N) is 1. The van der Waals surface area contributed by atoms with Crippen LogP contribution >= 0.6 is 0 Å². The molecule has 1 aliphatic heterocycles. The number of nitrogens with two attached hydrogens (primary N) is 1. The lowest BCUT2D eigenvalue weighted by Crippen LogP contribution is -1.83. The van der Waals surface area contributed by atoms with Crippen LogP contribution < -0.4 is 5.84 Å². The number of hydrogen-bond acceptors (Lipinski definition) is 3. The molecule has 1 fully saturated rings. The molecule has 0 aromatic rings. The van der Waals surface area contributed by atoms with E-state index < -0.39 is 0 Å². The molecule has 0 spiro atoms. The number of hydrazone groups is 1. The summed E-state index contributed by atoms with van der Waals surface area (Å²) in [5, 5.41) is 3.28. The Morgan fingerprint density at radius 1 is 2.00 bits per heavy atom. The van der Waals surface area contributed by atoms with Crippen LogP contribution in [0, 0.1) is 0 Å². The lowest BCUT2D eigenvalue weighted by molar-refractivity contribution is 0.468. The maximum absolute atomic E-state index is 4.79. The zero-order valence-electron chi connectivity index (χ0n) is 3.51. The van der Waals surface area contributed by atoms with Crippen molar-refractivity contribution in [1.29, 1.82) is 0 Å². The summed E-state index contributed by atoms with van der Waals surface area (Å²) in [7, 11) is 0. The van der Waals surface area contributed by atoms with E-state index in [1.54, 1.807) is 0 Å². The molecule has 1 rings (SSSR count). The fourth-order valence-corrected chi connectivity index (χ4v) is 0.282. The van der Waals surface area contributed by atoms with Crippen molar-refractivity contribution in [1.82, 2.24) is 0 Å². The highest BCUT2D eigenvalue weighted by atomic mass is 16.6. The number of epoxide rings is 1. The van der Waals surface area contributed by atoms with Crippen molar-refractivity contribution in [2.24, 2.45) is 10.9 Å². The Bertz CT molecular complexity index is 88.8. The van der Waals surface area contributed by atoms with Gasteiger partial charge in [-0.25, -0.2) is 0 Å². The maximum Gasteiger partial charge on any atom is 0.247 e. The van der Waals surface area contributed by atoms with Crippen molar-refractivity contribution >= 4 is 5.90 Å². The summed E-state index contributed by atoms with van der Waals surface area (Å²) in [6.07, 6.45) is 0.190. The van der Waals surface area contributed by atoms with E-state index in [1.165, 1.54) is 0 Å². The van der Waals surface area contributed by atoms with E-state index in [4.69, 9.17) is 10.6 Å². The molecule has 1 unspecified atom stereocenters. The number of hydrogen-bond donors (Lipinski definition) is 1. The molecular formula is C3H6N2O. The second-order valence-electron chi connectivity index (χ2n) is 1.23. The minimum absolute atomic E-state index is 0.190. The first-order valence-electron chi connectivity index (χ1n) is 1.79. The Hall–Kier alpha value is -0.730. The Labute approximate surface area is 35.8 Å². The predicted octanol–water partition coefficient (Wildman–Crippen LogP) is -0.323. The third kappa shape index (κ3) is 0.319. The van der Waals surface area contributed by atoms with Gasteiger partial charge < -0.3 is 10.6 Å². The van der Waals surface area contributed by atoms with Crippen LogP contribution in [0.1, 0.15) is 6.92 Å². The second kappa shape index (κ2) is 0.864. The molecule has 34 valence electrons. The highest BCUT2D eigenvalue weighted by Crippen LogP contribution is 2.10. The van der Waals surface area contributed by atoms with Crippen LogP contribution in [0.25, 0.3) is 0 Å². The largest absolute Gasteiger partial charge is 0.464 e. The summed E-state index contributed by atoms with van der Waals surface area (Å²) in [6, 6.07) is 0. The van der Waals surface area contributed by atoms with E-state index in [2.05, 4.69) is 5.10 Å². The average molecular weight is 86.1 g/mol. The quantitative estimate of drug-likeness (QED) is 0.249. The molecule has 0 bridgehead atoms. The number of ether oxygens (including phenoxy) is 1. The first-order chi connectivity index (χ1) is 2.84. The van der Waals surface area contributed by atoms with Gasteiger partial charge in [0.2, 0.25) is 5.90 Å². The smallest absolute Gasteiger partial charge is 0.247 e. The van der Waals surface area contributed by atoms with Gasteiger partial charge in [-0.05, 0) is 6.92 Å². The van der Waals surface area contributed by atoms with Gasteiger partial charge >= 0.3 is 0 Å². The SMILES string of the molecule is CC1OC1=NN.